The van der Waals surface area contributed by atoms with Gasteiger partial charge in [-0.15, -0.1) is 0 Å². The Labute approximate surface area is 153 Å². The van der Waals surface area contributed by atoms with Crippen molar-refractivity contribution in [1.82, 2.24) is 5.32 Å². The number of nitrogens with one attached hydrogen (secondary N) is 2. The number of benzene rings is 1. The van der Waals surface area contributed by atoms with Gasteiger partial charge >= 0.3 is 11.8 Å². The first-order valence-corrected chi connectivity index (χ1v) is 8.59. The summed E-state index contributed by atoms with van der Waals surface area (Å²) < 4.78 is 43.7. The highest BCUT2D eigenvalue weighted by molar-refractivity contribution is 6.04. The molecule has 1 aromatic carbocycles. The fourth-order valence-corrected chi connectivity index (χ4v) is 3.18. The molecule has 1 aliphatic heterocycles. The predicted molar refractivity (Wildman–Crippen MR) is 94.0 cm³/mol. The summed E-state index contributed by atoms with van der Waals surface area (Å²) in [7, 11) is 0. The Kier molecular flexibility index (Phi) is 5.36. The zero-order valence-corrected chi connectivity index (χ0v) is 14.7. The number of amides is 1. The minimum absolute atomic E-state index is 0.0453. The van der Waals surface area contributed by atoms with Crippen LogP contribution < -0.4 is 16.3 Å². The zero-order chi connectivity index (χ0) is 19.6. The van der Waals surface area contributed by atoms with E-state index >= 15 is 0 Å². The van der Waals surface area contributed by atoms with Crippen LogP contribution in [0.15, 0.2) is 39.5 Å². The van der Waals surface area contributed by atoms with E-state index in [1.165, 1.54) is 12.1 Å². The molecule has 2 N–H and O–H groups in total. The summed E-state index contributed by atoms with van der Waals surface area (Å²) in [5.74, 6) is -0.148. The second-order valence-corrected chi connectivity index (χ2v) is 6.55. The van der Waals surface area contributed by atoms with Crippen LogP contribution in [0.4, 0.5) is 18.9 Å². The molecule has 0 saturated carbocycles. The Balaban J connectivity index is 1.84. The molecule has 2 aromatic rings. The maximum absolute atomic E-state index is 12.8. The van der Waals surface area contributed by atoms with Gasteiger partial charge in [0.1, 0.15) is 11.3 Å². The maximum Gasteiger partial charge on any atom is 0.416 e. The molecule has 3 rings (SSSR count). The van der Waals surface area contributed by atoms with E-state index in [1.54, 1.807) is 13.0 Å². The monoisotopic (exact) mass is 380 g/mol. The molecule has 27 heavy (non-hydrogen) atoms. The molecule has 0 atom stereocenters. The van der Waals surface area contributed by atoms with Gasteiger partial charge in [0.05, 0.1) is 5.56 Å². The molecular formula is C19H19F3N2O3. The van der Waals surface area contributed by atoms with Gasteiger partial charge in [0.15, 0.2) is 0 Å². The minimum Gasteiger partial charge on any atom is -0.427 e. The van der Waals surface area contributed by atoms with E-state index in [2.05, 4.69) is 10.6 Å². The van der Waals surface area contributed by atoms with Gasteiger partial charge in [-0.2, -0.15) is 13.2 Å². The number of alkyl halides is 3. The Hall–Kier alpha value is -2.61. The molecule has 144 valence electrons. The lowest BCUT2D eigenvalue weighted by Crippen LogP contribution is -2.28. The molecule has 1 aromatic heterocycles. The SMILES string of the molecule is Cc1cc(C2CCNCC2)oc(=O)c1C(=O)Nc1cccc(C(F)(F)F)c1. The fourth-order valence-electron chi connectivity index (χ4n) is 3.18. The molecule has 0 unspecified atom stereocenters. The van der Waals surface area contributed by atoms with Crippen molar-refractivity contribution in [3.05, 3.63) is 63.2 Å². The largest absolute Gasteiger partial charge is 0.427 e. The molecule has 0 radical (unpaired) electrons. The topological polar surface area (TPSA) is 71.3 Å². The molecule has 0 aliphatic carbocycles. The van der Waals surface area contributed by atoms with Crippen LogP contribution in [0.5, 0.6) is 0 Å². The van der Waals surface area contributed by atoms with Crippen molar-refractivity contribution >= 4 is 11.6 Å². The van der Waals surface area contributed by atoms with E-state index in [1.807, 2.05) is 0 Å². The zero-order valence-electron chi connectivity index (χ0n) is 14.7. The Morgan fingerprint density at radius 3 is 2.56 bits per heavy atom. The summed E-state index contributed by atoms with van der Waals surface area (Å²) in [5.41, 5.74) is -1.48. The first-order valence-electron chi connectivity index (χ1n) is 8.59. The number of anilines is 1. The predicted octanol–water partition coefficient (Wildman–Crippen LogP) is 3.69. The Morgan fingerprint density at radius 1 is 1.22 bits per heavy atom. The van der Waals surface area contributed by atoms with Crippen LogP contribution >= 0.6 is 0 Å². The number of aryl methyl sites for hydroxylation is 1. The number of carbonyl (C=O) groups is 1. The lowest BCUT2D eigenvalue weighted by atomic mass is 9.94. The average molecular weight is 380 g/mol. The third-order valence-electron chi connectivity index (χ3n) is 4.58. The summed E-state index contributed by atoms with van der Waals surface area (Å²) >= 11 is 0. The third-order valence-corrected chi connectivity index (χ3v) is 4.58. The van der Waals surface area contributed by atoms with Crippen LogP contribution in [0.2, 0.25) is 0 Å². The van der Waals surface area contributed by atoms with E-state index in [0.717, 1.165) is 38.1 Å². The van der Waals surface area contributed by atoms with E-state index in [0.29, 0.717) is 11.3 Å². The Morgan fingerprint density at radius 2 is 1.93 bits per heavy atom. The molecule has 0 bridgehead atoms. The molecule has 1 saturated heterocycles. The highest BCUT2D eigenvalue weighted by Crippen LogP contribution is 2.31. The average Bonchev–Trinajstić information content (AvgIpc) is 2.61. The molecule has 2 heterocycles. The van der Waals surface area contributed by atoms with Gasteiger partial charge in [-0.25, -0.2) is 4.79 Å². The number of carbonyl (C=O) groups excluding carboxylic acids is 1. The van der Waals surface area contributed by atoms with Crippen molar-refractivity contribution < 1.29 is 22.4 Å². The molecule has 0 spiro atoms. The maximum atomic E-state index is 12.8. The van der Waals surface area contributed by atoms with Gasteiger partial charge in [-0.05, 0) is 62.7 Å². The molecule has 1 fully saturated rings. The van der Waals surface area contributed by atoms with Crippen molar-refractivity contribution in [1.29, 1.82) is 0 Å². The van der Waals surface area contributed by atoms with Gasteiger partial charge in [0, 0.05) is 11.6 Å². The van der Waals surface area contributed by atoms with Crippen LogP contribution in [-0.2, 0) is 6.18 Å². The van der Waals surface area contributed by atoms with Crippen molar-refractivity contribution in [3.8, 4) is 0 Å². The quantitative estimate of drug-likeness (QED) is 0.852. The molecule has 1 aliphatic rings. The summed E-state index contributed by atoms with van der Waals surface area (Å²) in [5, 5.41) is 5.56. The van der Waals surface area contributed by atoms with Crippen molar-refractivity contribution in [2.24, 2.45) is 0 Å². The molecule has 1 amide bonds. The Bertz CT molecular complexity index is 900. The fraction of sp³-hybridized carbons (Fsp3) is 0.368. The van der Waals surface area contributed by atoms with Gasteiger partial charge in [0.2, 0.25) is 0 Å². The summed E-state index contributed by atoms with van der Waals surface area (Å²) in [6.45, 7) is 3.26. The van der Waals surface area contributed by atoms with Crippen LogP contribution in [0, 0.1) is 6.92 Å². The lowest BCUT2D eigenvalue weighted by Gasteiger charge is -2.22. The van der Waals surface area contributed by atoms with E-state index < -0.39 is 23.3 Å². The second kappa shape index (κ2) is 7.56. The molecule has 8 heteroatoms. The highest BCUT2D eigenvalue weighted by Gasteiger charge is 2.30. The minimum atomic E-state index is -4.52. The van der Waals surface area contributed by atoms with Crippen molar-refractivity contribution in [2.45, 2.75) is 31.9 Å². The number of piperidine rings is 1. The van der Waals surface area contributed by atoms with Gasteiger partial charge in [-0.3, -0.25) is 4.79 Å². The standard InChI is InChI=1S/C19H19F3N2O3/c1-11-9-15(12-5-7-23-8-6-12)27-18(26)16(11)17(25)24-14-4-2-3-13(10-14)19(20,21)22/h2-4,9-10,12,23H,5-8H2,1H3,(H,24,25). The number of hydrogen-bond acceptors (Lipinski definition) is 4. The smallest absolute Gasteiger partial charge is 0.416 e. The second-order valence-electron chi connectivity index (χ2n) is 6.55. The van der Waals surface area contributed by atoms with Crippen LogP contribution in [-0.4, -0.2) is 19.0 Å². The third kappa shape index (κ3) is 4.39. The number of hydrogen-bond donors (Lipinski definition) is 2. The lowest BCUT2D eigenvalue weighted by molar-refractivity contribution is -0.137. The highest BCUT2D eigenvalue weighted by atomic mass is 19.4. The van der Waals surface area contributed by atoms with Gasteiger partial charge < -0.3 is 15.1 Å². The van der Waals surface area contributed by atoms with E-state index in [9.17, 15) is 22.8 Å². The van der Waals surface area contributed by atoms with Crippen molar-refractivity contribution in [3.63, 3.8) is 0 Å². The number of rotatable bonds is 3. The van der Waals surface area contributed by atoms with Gasteiger partial charge in [-0.1, -0.05) is 6.07 Å². The number of halogens is 3. The summed E-state index contributed by atoms with van der Waals surface area (Å²) in [6, 6.07) is 5.90. The molecule has 5 nitrogen and oxygen atoms in total. The van der Waals surface area contributed by atoms with E-state index in [-0.39, 0.29) is 17.2 Å². The van der Waals surface area contributed by atoms with E-state index in [4.69, 9.17) is 4.42 Å². The van der Waals surface area contributed by atoms with Crippen molar-refractivity contribution in [2.75, 3.05) is 18.4 Å². The van der Waals surface area contributed by atoms with Gasteiger partial charge in [0.25, 0.3) is 5.91 Å². The first-order chi connectivity index (χ1) is 12.8. The summed E-state index contributed by atoms with van der Waals surface area (Å²) in [4.78, 5) is 24.8. The molecular weight excluding hydrogens is 361 g/mol. The van der Waals surface area contributed by atoms with Crippen LogP contribution in [0.25, 0.3) is 0 Å². The van der Waals surface area contributed by atoms with Crippen LogP contribution in [0.3, 0.4) is 0 Å². The normalized spacial score (nSPS) is 15.6. The summed E-state index contributed by atoms with van der Waals surface area (Å²) in [6.07, 6.45) is -2.86. The first kappa shape index (κ1) is 19.2. The van der Waals surface area contributed by atoms with Crippen LogP contribution in [0.1, 0.15) is 46.0 Å².